The quantitative estimate of drug-likeness (QED) is 0.0515. The number of benzene rings is 4. The molecule has 0 saturated heterocycles. The van der Waals surface area contributed by atoms with Crippen molar-refractivity contribution in [2.24, 2.45) is 28.2 Å². The third-order valence-electron chi connectivity index (χ3n) is 20.8. The lowest BCUT2D eigenvalue weighted by Crippen LogP contribution is -2.24. The fraction of sp³-hybridized carbons (Fsp3) is 0.174. The molecule has 43 heteroatoms. The smallest absolute Gasteiger partial charge is 0.370 e. The SMILES string of the molecule is Cc1ccc(-c2c(=O)n(-c3ccc4nn(C)cc4c3)nc3ccc(NCC(F)F)nc23)cn1.Cn1cc2cc(-n3nc4ccc(NCC(F)(F)F)nc4c(-c4ccc(C(F)F)nc4)c3=O)ccc2n1.Cn1cc2cc(-n3nc4ccc(NCC(F)F)nc4c(-c4ccc(C(F)F)nc4)c3=O)ccc2n1.[2H]C([2H])([2H])c1ccc(-c2c(=O)n(-c3ccc4nn(C)cc4c3)nc3ccc(NCC)nc23)cn1. The van der Waals surface area contributed by atoms with Crippen molar-refractivity contribution in [3.8, 4) is 67.3 Å². The van der Waals surface area contributed by atoms with Crippen LogP contribution in [0.1, 0.15) is 46.7 Å². The van der Waals surface area contributed by atoms with Crippen LogP contribution < -0.4 is 43.5 Å². The van der Waals surface area contributed by atoms with Gasteiger partial charge < -0.3 is 21.3 Å². The van der Waals surface area contributed by atoms with Gasteiger partial charge in [-0.15, -0.1) is 0 Å². The third kappa shape index (κ3) is 19.4. The first-order chi connectivity index (χ1) is 66.0. The largest absolute Gasteiger partial charge is 0.405 e. The summed E-state index contributed by atoms with van der Waals surface area (Å²) in [5.41, 5.74) is 7.16. The minimum Gasteiger partial charge on any atom is -0.370 e. The first-order valence-corrected chi connectivity index (χ1v) is 41.0. The highest BCUT2D eigenvalue weighted by atomic mass is 19.4. The van der Waals surface area contributed by atoms with Gasteiger partial charge in [-0.3, -0.25) is 57.8 Å². The Morgan fingerprint density at radius 2 is 0.622 bits per heavy atom. The molecular formula is C92H73F11N28O4. The predicted molar refractivity (Wildman–Crippen MR) is 488 cm³/mol. The number of rotatable bonds is 20. The van der Waals surface area contributed by atoms with Crippen molar-refractivity contribution < 1.29 is 52.4 Å². The average molecular weight is 1850 g/mol. The normalized spacial score (nSPS) is 12.1. The van der Waals surface area contributed by atoms with Crippen LogP contribution in [0.25, 0.3) is 155 Å². The number of nitrogens with zero attached hydrogens (tertiary/aromatic N) is 24. The molecular weight excluding hydrogens is 1770 g/mol. The molecule has 0 amide bonds. The molecule has 0 spiro atoms. The van der Waals surface area contributed by atoms with Crippen LogP contribution in [0.5, 0.6) is 0 Å². The highest BCUT2D eigenvalue weighted by molar-refractivity contribution is 5.96. The minimum atomic E-state index is -4.49. The summed E-state index contributed by atoms with van der Waals surface area (Å²) < 4.78 is 175. The number of nitrogens with one attached hydrogen (secondary N) is 4. The van der Waals surface area contributed by atoms with Gasteiger partial charge in [0.15, 0.2) is 0 Å². The van der Waals surface area contributed by atoms with Gasteiger partial charge in [0.2, 0.25) is 0 Å². The molecule has 682 valence electrons. The van der Waals surface area contributed by atoms with Gasteiger partial charge in [-0.1, -0.05) is 24.3 Å². The molecule has 32 nitrogen and oxygen atoms in total. The van der Waals surface area contributed by atoms with E-state index >= 15 is 0 Å². The zero-order chi connectivity index (χ0) is 97.4. The molecule has 135 heavy (non-hydrogen) atoms. The van der Waals surface area contributed by atoms with Gasteiger partial charge in [0.1, 0.15) is 85.3 Å². The number of anilines is 4. The topological polar surface area (TPSA) is 362 Å². The van der Waals surface area contributed by atoms with E-state index in [4.69, 9.17) is 4.11 Å². The van der Waals surface area contributed by atoms with Crippen LogP contribution in [0.2, 0.25) is 0 Å². The summed E-state index contributed by atoms with van der Waals surface area (Å²) in [6, 6.07) is 45.1. The van der Waals surface area contributed by atoms with Crippen molar-refractivity contribution in [2.75, 3.05) is 47.4 Å². The summed E-state index contributed by atoms with van der Waals surface area (Å²) in [5.74, 6) is 0.833. The van der Waals surface area contributed by atoms with E-state index in [1.807, 2.05) is 64.6 Å². The second-order valence-electron chi connectivity index (χ2n) is 30.5. The van der Waals surface area contributed by atoms with Crippen LogP contribution in [0.15, 0.2) is 239 Å². The van der Waals surface area contributed by atoms with Gasteiger partial charge in [0.25, 0.3) is 47.9 Å². The molecule has 0 fully saturated rings. The molecule has 0 aliphatic carbocycles. The molecule has 20 rings (SSSR count). The van der Waals surface area contributed by atoms with Crippen LogP contribution in [-0.4, -0.2) is 163 Å². The highest BCUT2D eigenvalue weighted by Crippen LogP contribution is 2.34. The van der Waals surface area contributed by atoms with E-state index in [1.54, 1.807) is 148 Å². The molecule has 0 aliphatic rings. The third-order valence-corrected chi connectivity index (χ3v) is 20.8. The molecule has 4 N–H and O–H groups in total. The van der Waals surface area contributed by atoms with Crippen LogP contribution >= 0.6 is 0 Å². The van der Waals surface area contributed by atoms with E-state index in [9.17, 15) is 67.5 Å². The van der Waals surface area contributed by atoms with E-state index in [0.717, 1.165) is 73.0 Å². The number of halogens is 11. The van der Waals surface area contributed by atoms with E-state index in [1.165, 1.54) is 56.6 Å². The molecule has 4 aromatic carbocycles. The van der Waals surface area contributed by atoms with Crippen LogP contribution in [-0.2, 0) is 28.2 Å². The fourth-order valence-corrected chi connectivity index (χ4v) is 14.8. The van der Waals surface area contributed by atoms with E-state index in [-0.39, 0.29) is 67.5 Å². The molecule has 0 aliphatic heterocycles. The Hall–Kier alpha value is -17.1. The monoisotopic (exact) mass is 1850 g/mol. The van der Waals surface area contributed by atoms with Crippen LogP contribution in [0.4, 0.5) is 71.6 Å². The lowest BCUT2D eigenvalue weighted by Gasteiger charge is -2.13. The number of hydrogen-bond donors (Lipinski definition) is 4. The van der Waals surface area contributed by atoms with E-state index in [2.05, 4.69) is 102 Å². The summed E-state index contributed by atoms with van der Waals surface area (Å²) in [6.07, 6.45) is -2.67. The van der Waals surface area contributed by atoms with Crippen LogP contribution in [0.3, 0.4) is 0 Å². The van der Waals surface area contributed by atoms with Gasteiger partial charge in [-0.25, -0.2) is 55.1 Å². The highest BCUT2D eigenvalue weighted by Gasteiger charge is 2.29. The van der Waals surface area contributed by atoms with Crippen LogP contribution in [0, 0.1) is 13.8 Å². The standard InChI is InChI=1S/C23H16F5N7O.C23H17F4N7O.C23H19F2N7O.C23H21N7O/c1-34-10-13-8-14(3-5-15(13)32-34)35-22(36)19(12-2-4-17(21(24)25)29-9-12)20-16(33-35)6-7-18(31-20)30-11-23(26,27)28;1-33-11-13-8-14(3-5-15(13)31-33)34-23(35)20(12-2-4-17(22(26)27)28-9-12)21-16(32-34)6-7-19(30-21)29-10-18(24)25;1-13-3-4-14(10-26-13)21-22-18(7-8-20(28-22)27-11-19(24)25)30-32(23(21)33)16-5-6-17-15(9-16)12-31(2)29-17;1-4-24-20-10-9-19-22(26-20)21(15-6-5-14(2)25-12-15)23(31)30(28-19)17-7-8-18-16(11-17)13-29(3)27-18/h2-10,21H,11H2,1H3,(H,30,31);2-9,11,18,22H,10H2,1H3,(H,29,30);3-10,12,19H,11H2,1-2H3,(H,27,28);5-13H,4H2,1-3H3,(H,24,26)/i;;;2D3. The predicted octanol–water partition coefficient (Wildman–Crippen LogP) is 16.2. The minimum absolute atomic E-state index is 0.00234. The molecule has 0 unspecified atom stereocenters. The Labute approximate surface area is 757 Å². The van der Waals surface area contributed by atoms with Crippen molar-refractivity contribution in [1.82, 2.24) is 118 Å². The molecule has 16 aromatic heterocycles. The Balaban J connectivity index is 0.000000127. The maximum absolute atomic E-state index is 13.8. The van der Waals surface area contributed by atoms with Crippen molar-refractivity contribution in [1.29, 1.82) is 0 Å². The van der Waals surface area contributed by atoms with Gasteiger partial charge in [0.05, 0.1) is 80.2 Å². The molecule has 20 aromatic rings. The first kappa shape index (κ1) is 86.0. The number of aryl methyl sites for hydroxylation is 6. The number of aromatic nitrogens is 24. The Morgan fingerprint density at radius 1 is 0.341 bits per heavy atom. The van der Waals surface area contributed by atoms with E-state index < -0.39 is 86.4 Å². The summed E-state index contributed by atoms with van der Waals surface area (Å²) in [5, 5.41) is 48.9. The van der Waals surface area contributed by atoms with Gasteiger partial charge in [0, 0.05) is 144 Å². The molecule has 0 radical (unpaired) electrons. The lowest BCUT2D eigenvalue weighted by atomic mass is 10.1. The summed E-state index contributed by atoms with van der Waals surface area (Å²) in [6.45, 7) is -0.382. The number of pyridine rings is 8. The molecule has 0 bridgehead atoms. The summed E-state index contributed by atoms with van der Waals surface area (Å²) in [7, 11) is 7.19. The zero-order valence-electron chi connectivity index (χ0n) is 74.4. The van der Waals surface area contributed by atoms with Gasteiger partial charge >= 0.3 is 6.18 Å². The Kier molecular flexibility index (Phi) is 23.8. The summed E-state index contributed by atoms with van der Waals surface area (Å²) >= 11 is 0. The second kappa shape index (κ2) is 37.4. The van der Waals surface area contributed by atoms with Crippen molar-refractivity contribution >= 4 is 111 Å². The second-order valence-corrected chi connectivity index (χ2v) is 30.5. The zero-order valence-corrected chi connectivity index (χ0v) is 71.4. The number of hydrogen-bond acceptors (Lipinski definition) is 24. The molecule has 0 saturated carbocycles. The molecule has 16 heterocycles. The van der Waals surface area contributed by atoms with Gasteiger partial charge in [-0.2, -0.15) is 72.7 Å². The van der Waals surface area contributed by atoms with Crippen molar-refractivity contribution in [3.05, 3.63) is 284 Å². The van der Waals surface area contributed by atoms with Crippen molar-refractivity contribution in [2.45, 2.75) is 52.6 Å². The van der Waals surface area contributed by atoms with Crippen molar-refractivity contribution in [3.63, 3.8) is 0 Å². The lowest BCUT2D eigenvalue weighted by molar-refractivity contribution is -0.115. The Bertz CT molecular complexity index is 8300. The van der Waals surface area contributed by atoms with E-state index in [0.29, 0.717) is 90.5 Å². The number of fused-ring (bicyclic) bond motifs is 8. The number of alkyl halides is 11. The fourth-order valence-electron chi connectivity index (χ4n) is 14.8. The first-order valence-electron chi connectivity index (χ1n) is 42.5. The maximum Gasteiger partial charge on any atom is 0.405 e. The maximum atomic E-state index is 13.8. The Morgan fingerprint density at radius 3 is 0.881 bits per heavy atom. The molecule has 0 atom stereocenters. The van der Waals surface area contributed by atoms with Gasteiger partial charge in [-0.05, 0) is 166 Å². The average Bonchev–Trinajstić information content (AvgIpc) is 0.894. The summed E-state index contributed by atoms with van der Waals surface area (Å²) in [4.78, 5) is 88.1.